The maximum Gasteiger partial charge on any atom is 0.409 e. The summed E-state index contributed by atoms with van der Waals surface area (Å²) in [6.45, 7) is 2.57. The van der Waals surface area contributed by atoms with Gasteiger partial charge in [0.05, 0.1) is 25.4 Å². The first kappa shape index (κ1) is 22.7. The maximum absolute atomic E-state index is 13.6. The molecule has 2 atom stereocenters. The molecule has 0 N–H and O–H groups in total. The highest BCUT2D eigenvalue weighted by Gasteiger charge is 2.51. The van der Waals surface area contributed by atoms with E-state index in [1.54, 1.807) is 4.90 Å². The van der Waals surface area contributed by atoms with E-state index in [1.807, 2.05) is 35.0 Å². The number of amides is 2. The largest absolute Gasteiger partial charge is 0.453 e. The molecule has 36 heavy (non-hydrogen) atoms. The van der Waals surface area contributed by atoms with Gasteiger partial charge in [0.2, 0.25) is 0 Å². The first-order valence-corrected chi connectivity index (χ1v) is 12.3. The van der Waals surface area contributed by atoms with Crippen LogP contribution in [0.1, 0.15) is 18.4 Å². The predicted octanol–water partition coefficient (Wildman–Crippen LogP) is 3.08. The molecule has 2 saturated heterocycles. The van der Waals surface area contributed by atoms with Crippen molar-refractivity contribution in [2.75, 3.05) is 40.0 Å². The summed E-state index contributed by atoms with van der Waals surface area (Å²) in [5.74, 6) is 0.857. The normalized spacial score (nSPS) is 23.8. The van der Waals surface area contributed by atoms with Crippen LogP contribution in [0.2, 0.25) is 0 Å². The van der Waals surface area contributed by atoms with Gasteiger partial charge in [-0.25, -0.2) is 9.79 Å². The van der Waals surface area contributed by atoms with Gasteiger partial charge in [-0.2, -0.15) is 5.10 Å². The van der Waals surface area contributed by atoms with Crippen molar-refractivity contribution >= 4 is 28.7 Å². The molecule has 1 unspecified atom stereocenters. The number of hydrogen-bond donors (Lipinski definition) is 0. The van der Waals surface area contributed by atoms with Crippen LogP contribution in [-0.2, 0) is 21.3 Å². The maximum atomic E-state index is 13.6. The Morgan fingerprint density at radius 2 is 1.94 bits per heavy atom. The van der Waals surface area contributed by atoms with Crippen molar-refractivity contribution in [3.63, 3.8) is 0 Å². The Labute approximate surface area is 209 Å². The minimum Gasteiger partial charge on any atom is -0.453 e. The molecule has 6 rings (SSSR count). The van der Waals surface area contributed by atoms with Crippen molar-refractivity contribution in [1.82, 2.24) is 19.6 Å². The first-order chi connectivity index (χ1) is 17.5. The SMILES string of the molecule is COC(=O)N1CC[C@@H](CN2C(=O)C3(CCOC3)N=C2c2ccc(-c3ccc4c(cnn4C)c3)cc2)C1. The second kappa shape index (κ2) is 8.74. The van der Waals surface area contributed by atoms with Crippen molar-refractivity contribution in [2.24, 2.45) is 18.0 Å². The number of fused-ring (bicyclic) bond motifs is 1. The summed E-state index contributed by atoms with van der Waals surface area (Å²) in [6, 6.07) is 14.5. The Hall–Kier alpha value is -3.72. The van der Waals surface area contributed by atoms with Gasteiger partial charge in [0.1, 0.15) is 5.84 Å². The Morgan fingerprint density at radius 3 is 2.69 bits per heavy atom. The molecule has 2 aromatic carbocycles. The molecule has 3 aromatic rings. The van der Waals surface area contributed by atoms with E-state index < -0.39 is 5.54 Å². The molecular weight excluding hydrogens is 458 g/mol. The number of aliphatic imine (C=N–C) groups is 1. The summed E-state index contributed by atoms with van der Waals surface area (Å²) in [6.07, 6.45) is 2.97. The van der Waals surface area contributed by atoms with Gasteiger partial charge in [0, 0.05) is 50.7 Å². The number of hydrogen-bond acceptors (Lipinski definition) is 6. The second-order valence-corrected chi connectivity index (χ2v) is 9.88. The zero-order valence-corrected chi connectivity index (χ0v) is 20.5. The molecular formula is C27H29N5O4. The highest BCUT2D eigenvalue weighted by molar-refractivity contribution is 6.15. The molecule has 2 amide bonds. The fraction of sp³-hybridized carbons (Fsp3) is 0.407. The molecule has 9 heteroatoms. The summed E-state index contributed by atoms with van der Waals surface area (Å²) in [4.78, 5) is 34.0. The average Bonchev–Trinajstić information content (AvgIpc) is 3.70. The lowest BCUT2D eigenvalue weighted by atomic mass is 9.98. The Morgan fingerprint density at radius 1 is 1.17 bits per heavy atom. The van der Waals surface area contributed by atoms with Gasteiger partial charge in [0.15, 0.2) is 5.54 Å². The van der Waals surface area contributed by atoms with Crippen LogP contribution in [0.15, 0.2) is 53.7 Å². The molecule has 3 aliphatic heterocycles. The number of rotatable bonds is 4. The fourth-order valence-corrected chi connectivity index (χ4v) is 5.55. The Kier molecular flexibility index (Phi) is 5.52. The van der Waals surface area contributed by atoms with Crippen LogP contribution in [0.3, 0.4) is 0 Å². The number of aromatic nitrogens is 2. The zero-order chi connectivity index (χ0) is 24.9. The van der Waals surface area contributed by atoms with Crippen LogP contribution in [0, 0.1) is 5.92 Å². The van der Waals surface area contributed by atoms with Gasteiger partial charge >= 0.3 is 6.09 Å². The molecule has 3 aliphatic rings. The Bertz CT molecular complexity index is 1360. The summed E-state index contributed by atoms with van der Waals surface area (Å²) >= 11 is 0. The molecule has 4 heterocycles. The number of carbonyl (C=O) groups excluding carboxylic acids is 2. The highest BCUT2D eigenvalue weighted by atomic mass is 16.5. The third-order valence-electron chi connectivity index (χ3n) is 7.60. The molecule has 0 saturated carbocycles. The highest BCUT2D eigenvalue weighted by Crippen LogP contribution is 2.35. The van der Waals surface area contributed by atoms with Gasteiger partial charge in [-0.05, 0) is 35.6 Å². The summed E-state index contributed by atoms with van der Waals surface area (Å²) < 4.78 is 12.3. The van der Waals surface area contributed by atoms with Crippen molar-refractivity contribution in [3.8, 4) is 11.1 Å². The lowest BCUT2D eigenvalue weighted by Gasteiger charge is -2.25. The van der Waals surface area contributed by atoms with Crippen LogP contribution in [0.4, 0.5) is 4.79 Å². The van der Waals surface area contributed by atoms with E-state index in [0.29, 0.717) is 45.1 Å². The van der Waals surface area contributed by atoms with Crippen LogP contribution in [-0.4, -0.2) is 82.9 Å². The van der Waals surface area contributed by atoms with Crippen molar-refractivity contribution in [2.45, 2.75) is 18.4 Å². The van der Waals surface area contributed by atoms with Gasteiger partial charge in [-0.1, -0.05) is 30.3 Å². The second-order valence-electron chi connectivity index (χ2n) is 9.88. The number of nitrogens with zero attached hydrogens (tertiary/aromatic N) is 5. The van der Waals surface area contributed by atoms with Crippen molar-refractivity contribution < 1.29 is 19.1 Å². The topological polar surface area (TPSA) is 89.3 Å². The van der Waals surface area contributed by atoms with Gasteiger partial charge in [0.25, 0.3) is 5.91 Å². The van der Waals surface area contributed by atoms with Crippen LogP contribution in [0.25, 0.3) is 22.0 Å². The van der Waals surface area contributed by atoms with E-state index in [4.69, 9.17) is 14.5 Å². The smallest absolute Gasteiger partial charge is 0.409 e. The summed E-state index contributed by atoms with van der Waals surface area (Å²) in [5.41, 5.74) is 3.36. The number of ether oxygens (including phenoxy) is 2. The summed E-state index contributed by atoms with van der Waals surface area (Å²) in [7, 11) is 3.33. The number of aryl methyl sites for hydroxylation is 1. The van der Waals surface area contributed by atoms with E-state index in [9.17, 15) is 9.59 Å². The van der Waals surface area contributed by atoms with E-state index in [2.05, 4.69) is 35.4 Å². The van der Waals surface area contributed by atoms with Crippen LogP contribution in [0.5, 0.6) is 0 Å². The lowest BCUT2D eigenvalue weighted by molar-refractivity contribution is -0.131. The van der Waals surface area contributed by atoms with E-state index in [0.717, 1.165) is 34.0 Å². The summed E-state index contributed by atoms with van der Waals surface area (Å²) in [5, 5.41) is 5.43. The molecule has 2 fully saturated rings. The van der Waals surface area contributed by atoms with Gasteiger partial charge < -0.3 is 14.4 Å². The fourth-order valence-electron chi connectivity index (χ4n) is 5.55. The Balaban J connectivity index is 1.27. The molecule has 1 aromatic heterocycles. The molecule has 9 nitrogen and oxygen atoms in total. The van der Waals surface area contributed by atoms with E-state index in [1.165, 1.54) is 7.11 Å². The number of carbonyl (C=O) groups is 2. The average molecular weight is 488 g/mol. The molecule has 1 spiro atoms. The minimum atomic E-state index is -0.833. The third-order valence-corrected chi connectivity index (χ3v) is 7.60. The third kappa shape index (κ3) is 3.74. The molecule has 186 valence electrons. The molecule has 0 radical (unpaired) electrons. The van der Waals surface area contributed by atoms with Crippen molar-refractivity contribution in [3.05, 3.63) is 54.2 Å². The predicted molar refractivity (Wildman–Crippen MR) is 135 cm³/mol. The standard InChI is InChI=1S/C27H29N5O4/c1-30-23-8-7-21(13-22(23)14-28-30)19-3-5-20(6-4-19)24-29-27(10-12-36-17-27)25(33)32(24)16-18-9-11-31(15-18)26(34)35-2/h3-8,13-14,18H,9-12,15-17H2,1-2H3/t18-,27?/m1/s1. The monoisotopic (exact) mass is 487 g/mol. The minimum absolute atomic E-state index is 0.00220. The van der Waals surface area contributed by atoms with E-state index in [-0.39, 0.29) is 17.9 Å². The van der Waals surface area contributed by atoms with Crippen LogP contribution >= 0.6 is 0 Å². The first-order valence-electron chi connectivity index (χ1n) is 12.3. The molecule has 0 bridgehead atoms. The lowest BCUT2D eigenvalue weighted by Crippen LogP contribution is -2.45. The van der Waals surface area contributed by atoms with E-state index >= 15 is 0 Å². The molecule has 0 aliphatic carbocycles. The number of benzene rings is 2. The van der Waals surface area contributed by atoms with Gasteiger partial charge in [-0.3, -0.25) is 14.4 Å². The quantitative estimate of drug-likeness (QED) is 0.564. The van der Waals surface area contributed by atoms with Gasteiger partial charge in [-0.15, -0.1) is 0 Å². The zero-order valence-electron chi connectivity index (χ0n) is 20.5. The number of likely N-dealkylation sites (tertiary alicyclic amines) is 1. The van der Waals surface area contributed by atoms with Crippen LogP contribution < -0.4 is 0 Å². The van der Waals surface area contributed by atoms with Crippen molar-refractivity contribution in [1.29, 1.82) is 0 Å². The number of methoxy groups -OCH3 is 1. The number of amidine groups is 1.